The molecular weight excluding hydrogens is 164 g/mol. The highest BCUT2D eigenvalue weighted by molar-refractivity contribution is 6.04. The monoisotopic (exact) mass is 172 g/mol. The van der Waals surface area contributed by atoms with Gasteiger partial charge in [-0.05, 0) is 17.5 Å². The summed E-state index contributed by atoms with van der Waals surface area (Å²) in [5.41, 5.74) is 0.491. The van der Waals surface area contributed by atoms with E-state index in [9.17, 15) is 4.79 Å². The highest BCUT2D eigenvalue weighted by Crippen LogP contribution is 2.14. The first kappa shape index (κ1) is 7.86. The van der Waals surface area contributed by atoms with E-state index in [1.165, 1.54) is 6.92 Å². The molecule has 0 fully saturated rings. The lowest BCUT2D eigenvalue weighted by Gasteiger charge is -1.99. The van der Waals surface area contributed by atoms with Gasteiger partial charge in [0.05, 0.1) is 0 Å². The summed E-state index contributed by atoms with van der Waals surface area (Å²) in [7, 11) is 0. The molecule has 0 aromatic carbocycles. The molecule has 0 N–H and O–H groups in total. The van der Waals surface area contributed by atoms with Gasteiger partial charge in [-0.15, -0.1) is 0 Å². The summed E-state index contributed by atoms with van der Waals surface area (Å²) in [4.78, 5) is 19.1. The summed E-state index contributed by atoms with van der Waals surface area (Å²) in [6, 6.07) is 3.73. The molecule has 0 radical (unpaired) electrons. The smallest absolute Gasteiger partial charge is 0.178 e. The van der Waals surface area contributed by atoms with Gasteiger partial charge < -0.3 is 0 Å². The number of carbonyl (C=O) groups is 1. The van der Waals surface area contributed by atoms with Crippen LogP contribution in [-0.2, 0) is 0 Å². The van der Waals surface area contributed by atoms with Crippen molar-refractivity contribution in [1.29, 1.82) is 0 Å². The Hall–Kier alpha value is -1.77. The van der Waals surface area contributed by atoms with Gasteiger partial charge in [0.25, 0.3) is 0 Å². The molecule has 3 heteroatoms. The number of hydrogen-bond acceptors (Lipinski definition) is 3. The maximum atomic E-state index is 11.2. The van der Waals surface area contributed by atoms with Gasteiger partial charge in [0.2, 0.25) is 0 Å². The molecule has 3 nitrogen and oxygen atoms in total. The van der Waals surface area contributed by atoms with Crippen molar-refractivity contribution in [1.82, 2.24) is 9.97 Å². The van der Waals surface area contributed by atoms with Crippen LogP contribution in [0.5, 0.6) is 0 Å². The van der Waals surface area contributed by atoms with E-state index in [1.807, 2.05) is 12.1 Å². The van der Waals surface area contributed by atoms with Gasteiger partial charge in [0.1, 0.15) is 5.69 Å². The first-order valence-corrected chi connectivity index (χ1v) is 3.99. The van der Waals surface area contributed by atoms with Crippen molar-refractivity contribution in [2.24, 2.45) is 0 Å². The van der Waals surface area contributed by atoms with Gasteiger partial charge in [-0.2, -0.15) is 0 Å². The third kappa shape index (κ3) is 1.28. The van der Waals surface area contributed by atoms with E-state index in [0.29, 0.717) is 5.69 Å². The molecule has 0 aliphatic rings. The maximum absolute atomic E-state index is 11.2. The molecule has 2 heterocycles. The van der Waals surface area contributed by atoms with E-state index >= 15 is 0 Å². The fourth-order valence-corrected chi connectivity index (χ4v) is 1.29. The first-order chi connectivity index (χ1) is 6.29. The average Bonchev–Trinajstić information content (AvgIpc) is 2.17. The standard InChI is InChI=1S/C10H8N2O/c1-7(13)10-9-6-11-4-2-8(9)3-5-12-10/h2-6H,1H3. The van der Waals surface area contributed by atoms with Crippen LogP contribution in [0, 0.1) is 0 Å². The molecule has 0 aliphatic heterocycles. The van der Waals surface area contributed by atoms with E-state index < -0.39 is 0 Å². The number of rotatable bonds is 1. The lowest BCUT2D eigenvalue weighted by Crippen LogP contribution is -1.97. The molecule has 2 rings (SSSR count). The predicted molar refractivity (Wildman–Crippen MR) is 49.5 cm³/mol. The molecule has 0 bridgehead atoms. The fraction of sp³-hybridized carbons (Fsp3) is 0.100. The minimum atomic E-state index is -0.0291. The number of nitrogens with zero attached hydrogens (tertiary/aromatic N) is 2. The molecule has 0 atom stereocenters. The normalized spacial score (nSPS) is 10.2. The third-order valence-electron chi connectivity index (χ3n) is 1.90. The van der Waals surface area contributed by atoms with Gasteiger partial charge in [-0.3, -0.25) is 14.8 Å². The summed E-state index contributed by atoms with van der Waals surface area (Å²) in [6.07, 6.45) is 5.00. The van der Waals surface area contributed by atoms with Gasteiger partial charge in [0.15, 0.2) is 5.78 Å². The summed E-state index contributed by atoms with van der Waals surface area (Å²) >= 11 is 0. The quantitative estimate of drug-likeness (QED) is 0.616. The second kappa shape index (κ2) is 2.94. The van der Waals surface area contributed by atoms with Crippen molar-refractivity contribution in [2.75, 3.05) is 0 Å². The van der Waals surface area contributed by atoms with E-state index in [0.717, 1.165) is 10.8 Å². The van der Waals surface area contributed by atoms with Crippen molar-refractivity contribution >= 4 is 16.6 Å². The molecule has 2 aromatic heterocycles. The van der Waals surface area contributed by atoms with E-state index in [-0.39, 0.29) is 5.78 Å². The molecular formula is C10H8N2O. The van der Waals surface area contributed by atoms with Crippen molar-refractivity contribution in [3.05, 3.63) is 36.4 Å². The molecule has 0 unspecified atom stereocenters. The van der Waals surface area contributed by atoms with Crippen molar-refractivity contribution in [3.8, 4) is 0 Å². The number of hydrogen-bond donors (Lipinski definition) is 0. The topological polar surface area (TPSA) is 42.9 Å². The number of ketones is 1. The van der Waals surface area contributed by atoms with Crippen LogP contribution in [0.25, 0.3) is 10.8 Å². The van der Waals surface area contributed by atoms with Crippen LogP contribution in [-0.4, -0.2) is 15.8 Å². The highest BCUT2D eigenvalue weighted by atomic mass is 16.1. The van der Waals surface area contributed by atoms with E-state index in [1.54, 1.807) is 18.6 Å². The first-order valence-electron chi connectivity index (χ1n) is 3.99. The summed E-state index contributed by atoms with van der Waals surface area (Å²) < 4.78 is 0. The van der Waals surface area contributed by atoms with Gasteiger partial charge in [0, 0.05) is 30.9 Å². The number of aromatic nitrogens is 2. The SMILES string of the molecule is CC(=O)c1nccc2ccncc12. The molecule has 64 valence electrons. The van der Waals surface area contributed by atoms with Crippen LogP contribution >= 0.6 is 0 Å². The molecule has 0 saturated heterocycles. The van der Waals surface area contributed by atoms with Crippen LogP contribution in [0.3, 0.4) is 0 Å². The molecule has 0 saturated carbocycles. The molecule has 0 aliphatic carbocycles. The van der Waals surface area contributed by atoms with Gasteiger partial charge in [-0.25, -0.2) is 0 Å². The van der Waals surface area contributed by atoms with Crippen molar-refractivity contribution in [2.45, 2.75) is 6.92 Å². The molecule has 0 amide bonds. The zero-order chi connectivity index (χ0) is 9.26. The Kier molecular flexibility index (Phi) is 1.77. The lowest BCUT2D eigenvalue weighted by atomic mass is 10.1. The molecule has 0 spiro atoms. The highest BCUT2D eigenvalue weighted by Gasteiger charge is 2.05. The Morgan fingerprint density at radius 2 is 2.08 bits per heavy atom. The van der Waals surface area contributed by atoms with Gasteiger partial charge >= 0.3 is 0 Å². The average molecular weight is 172 g/mol. The van der Waals surface area contributed by atoms with Crippen LogP contribution in [0.2, 0.25) is 0 Å². The Balaban J connectivity index is 2.83. The number of Topliss-reactive ketones (excluding diaryl/α,β-unsaturated/α-hetero) is 1. The van der Waals surface area contributed by atoms with E-state index in [4.69, 9.17) is 0 Å². The summed E-state index contributed by atoms with van der Waals surface area (Å²) in [5, 5.41) is 1.81. The Morgan fingerprint density at radius 3 is 2.85 bits per heavy atom. The Labute approximate surface area is 75.4 Å². The predicted octanol–water partition coefficient (Wildman–Crippen LogP) is 1.83. The molecule has 13 heavy (non-hydrogen) atoms. The Morgan fingerprint density at radius 1 is 1.31 bits per heavy atom. The summed E-state index contributed by atoms with van der Waals surface area (Å²) in [5.74, 6) is -0.0291. The van der Waals surface area contributed by atoms with Crippen LogP contribution in [0.4, 0.5) is 0 Å². The van der Waals surface area contributed by atoms with Crippen molar-refractivity contribution < 1.29 is 4.79 Å². The van der Waals surface area contributed by atoms with Crippen LogP contribution < -0.4 is 0 Å². The largest absolute Gasteiger partial charge is 0.293 e. The van der Waals surface area contributed by atoms with Crippen molar-refractivity contribution in [3.63, 3.8) is 0 Å². The molecule has 2 aromatic rings. The maximum Gasteiger partial charge on any atom is 0.178 e. The van der Waals surface area contributed by atoms with Gasteiger partial charge in [-0.1, -0.05) is 0 Å². The zero-order valence-electron chi connectivity index (χ0n) is 7.19. The number of carbonyl (C=O) groups excluding carboxylic acids is 1. The van der Waals surface area contributed by atoms with E-state index in [2.05, 4.69) is 9.97 Å². The number of fused-ring (bicyclic) bond motifs is 1. The van der Waals surface area contributed by atoms with Crippen LogP contribution in [0.15, 0.2) is 30.7 Å². The summed E-state index contributed by atoms with van der Waals surface area (Å²) in [6.45, 7) is 1.51. The fourth-order valence-electron chi connectivity index (χ4n) is 1.29. The number of pyridine rings is 2. The van der Waals surface area contributed by atoms with Crippen LogP contribution in [0.1, 0.15) is 17.4 Å². The minimum Gasteiger partial charge on any atom is -0.293 e. The Bertz CT molecular complexity index is 460. The zero-order valence-corrected chi connectivity index (χ0v) is 7.19. The lowest BCUT2D eigenvalue weighted by molar-refractivity contribution is 0.101. The second-order valence-electron chi connectivity index (χ2n) is 2.81. The minimum absolute atomic E-state index is 0.0291. The second-order valence-corrected chi connectivity index (χ2v) is 2.81. The third-order valence-corrected chi connectivity index (χ3v) is 1.90.